The lowest BCUT2D eigenvalue weighted by atomic mass is 10.0. The highest BCUT2D eigenvalue weighted by molar-refractivity contribution is 7.91. The normalized spacial score (nSPS) is 16.3. The van der Waals surface area contributed by atoms with Gasteiger partial charge in [-0.3, -0.25) is 0 Å². The molecular formula is C17H16O4S2. The molecule has 4 nitrogen and oxygen atoms in total. The van der Waals surface area contributed by atoms with E-state index >= 15 is 0 Å². The van der Waals surface area contributed by atoms with Gasteiger partial charge in [0, 0.05) is 10.5 Å². The van der Waals surface area contributed by atoms with Gasteiger partial charge in [0.15, 0.2) is 9.84 Å². The SMILES string of the molecule is CCc1csc(-c2ccc3c(c2)C=C(C(=O)O)CCS3(=O)=O)c1. The van der Waals surface area contributed by atoms with Gasteiger partial charge in [-0.05, 0) is 59.2 Å². The van der Waals surface area contributed by atoms with Crippen LogP contribution < -0.4 is 0 Å². The van der Waals surface area contributed by atoms with Gasteiger partial charge in [0.05, 0.1) is 10.6 Å². The number of carbonyl (C=O) groups is 1. The number of benzene rings is 1. The van der Waals surface area contributed by atoms with Gasteiger partial charge >= 0.3 is 5.97 Å². The summed E-state index contributed by atoms with van der Waals surface area (Å²) in [6.45, 7) is 2.08. The second-order valence-electron chi connectivity index (χ2n) is 5.47. The van der Waals surface area contributed by atoms with Crippen molar-refractivity contribution in [1.29, 1.82) is 0 Å². The maximum atomic E-state index is 12.3. The van der Waals surface area contributed by atoms with Gasteiger partial charge in [-0.2, -0.15) is 0 Å². The molecule has 0 fully saturated rings. The molecule has 0 atom stereocenters. The van der Waals surface area contributed by atoms with Crippen molar-refractivity contribution in [3.8, 4) is 10.4 Å². The zero-order valence-electron chi connectivity index (χ0n) is 12.6. The zero-order valence-corrected chi connectivity index (χ0v) is 14.2. The number of aryl methyl sites for hydroxylation is 1. The van der Waals surface area contributed by atoms with Crippen LogP contribution in [0, 0.1) is 0 Å². The molecule has 2 heterocycles. The van der Waals surface area contributed by atoms with Gasteiger partial charge in [-0.1, -0.05) is 13.0 Å². The lowest BCUT2D eigenvalue weighted by molar-refractivity contribution is -0.132. The van der Waals surface area contributed by atoms with Crippen LogP contribution in [0.4, 0.5) is 0 Å². The first-order chi connectivity index (χ1) is 10.9. The number of sulfone groups is 1. The van der Waals surface area contributed by atoms with Gasteiger partial charge in [0.1, 0.15) is 0 Å². The van der Waals surface area contributed by atoms with Crippen molar-refractivity contribution in [2.75, 3.05) is 5.75 Å². The fourth-order valence-corrected chi connectivity index (χ4v) is 5.05. The Morgan fingerprint density at radius 3 is 2.74 bits per heavy atom. The van der Waals surface area contributed by atoms with Crippen LogP contribution in [-0.4, -0.2) is 25.2 Å². The van der Waals surface area contributed by atoms with E-state index in [1.807, 2.05) is 0 Å². The second-order valence-corrected chi connectivity index (χ2v) is 8.46. The van der Waals surface area contributed by atoms with Crippen LogP contribution in [0.15, 0.2) is 40.1 Å². The van der Waals surface area contributed by atoms with E-state index in [-0.39, 0.29) is 22.6 Å². The van der Waals surface area contributed by atoms with E-state index in [0.29, 0.717) is 5.56 Å². The Morgan fingerprint density at radius 2 is 2.09 bits per heavy atom. The first kappa shape index (κ1) is 16.0. The Labute approximate surface area is 139 Å². The number of rotatable bonds is 3. The smallest absolute Gasteiger partial charge is 0.331 e. The monoisotopic (exact) mass is 348 g/mol. The molecular weight excluding hydrogens is 332 g/mol. The fraction of sp³-hybridized carbons (Fsp3) is 0.235. The van der Waals surface area contributed by atoms with E-state index in [1.54, 1.807) is 29.5 Å². The third kappa shape index (κ3) is 3.09. The summed E-state index contributed by atoms with van der Waals surface area (Å²) in [7, 11) is -3.46. The van der Waals surface area contributed by atoms with Crippen LogP contribution in [0.1, 0.15) is 24.5 Å². The molecule has 3 rings (SSSR count). The van der Waals surface area contributed by atoms with Gasteiger partial charge in [0.2, 0.25) is 0 Å². The van der Waals surface area contributed by atoms with Crippen LogP contribution in [0.3, 0.4) is 0 Å². The molecule has 1 aliphatic heterocycles. The van der Waals surface area contributed by atoms with E-state index in [2.05, 4.69) is 18.4 Å². The number of carboxylic acid groups (broad SMARTS) is 1. The third-order valence-electron chi connectivity index (χ3n) is 3.94. The van der Waals surface area contributed by atoms with Gasteiger partial charge < -0.3 is 5.11 Å². The molecule has 2 aromatic rings. The van der Waals surface area contributed by atoms with E-state index in [9.17, 15) is 18.3 Å². The number of hydrogen-bond donors (Lipinski definition) is 1. The highest BCUT2D eigenvalue weighted by Crippen LogP contribution is 2.33. The maximum Gasteiger partial charge on any atom is 0.331 e. The van der Waals surface area contributed by atoms with Crippen LogP contribution in [0.5, 0.6) is 0 Å². The Bertz CT molecular complexity index is 904. The molecule has 23 heavy (non-hydrogen) atoms. The molecule has 1 aromatic heterocycles. The molecule has 0 saturated carbocycles. The fourth-order valence-electron chi connectivity index (χ4n) is 2.59. The number of carboxylic acids is 1. The Balaban J connectivity index is 2.15. The van der Waals surface area contributed by atoms with Crippen molar-refractivity contribution < 1.29 is 18.3 Å². The van der Waals surface area contributed by atoms with Gasteiger partial charge in [0.25, 0.3) is 0 Å². The summed E-state index contributed by atoms with van der Waals surface area (Å²) < 4.78 is 24.7. The average molecular weight is 348 g/mol. The quantitative estimate of drug-likeness (QED) is 0.919. The van der Waals surface area contributed by atoms with Crippen molar-refractivity contribution in [2.45, 2.75) is 24.7 Å². The number of fused-ring (bicyclic) bond motifs is 1. The van der Waals surface area contributed by atoms with Crippen molar-refractivity contribution in [1.82, 2.24) is 0 Å². The lowest BCUT2D eigenvalue weighted by Gasteiger charge is -2.07. The largest absolute Gasteiger partial charge is 0.478 e. The maximum absolute atomic E-state index is 12.3. The first-order valence-electron chi connectivity index (χ1n) is 7.29. The Hall–Kier alpha value is -1.92. The van der Waals surface area contributed by atoms with E-state index < -0.39 is 15.8 Å². The molecule has 0 aliphatic carbocycles. The highest BCUT2D eigenvalue weighted by Gasteiger charge is 2.24. The molecule has 0 radical (unpaired) electrons. The van der Waals surface area contributed by atoms with Crippen LogP contribution in [-0.2, 0) is 21.1 Å². The zero-order chi connectivity index (χ0) is 16.6. The van der Waals surface area contributed by atoms with Gasteiger partial charge in [-0.15, -0.1) is 11.3 Å². The molecule has 1 aliphatic rings. The van der Waals surface area contributed by atoms with E-state index in [0.717, 1.165) is 16.9 Å². The minimum absolute atomic E-state index is 0.0284. The van der Waals surface area contributed by atoms with Crippen molar-refractivity contribution in [3.05, 3.63) is 46.3 Å². The Morgan fingerprint density at radius 1 is 1.30 bits per heavy atom. The molecule has 1 N–H and O–H groups in total. The topological polar surface area (TPSA) is 71.4 Å². The summed E-state index contributed by atoms with van der Waals surface area (Å²) in [6.07, 6.45) is 2.46. The van der Waals surface area contributed by atoms with Crippen molar-refractivity contribution >= 4 is 33.2 Å². The average Bonchev–Trinajstić information content (AvgIpc) is 2.94. The number of aliphatic carboxylic acids is 1. The van der Waals surface area contributed by atoms with Crippen LogP contribution in [0.25, 0.3) is 16.5 Å². The molecule has 1 aromatic carbocycles. The molecule has 0 saturated heterocycles. The summed E-state index contributed by atoms with van der Waals surface area (Å²) in [4.78, 5) is 12.5. The number of hydrogen-bond acceptors (Lipinski definition) is 4. The molecule has 0 bridgehead atoms. The molecule has 0 unspecified atom stereocenters. The van der Waals surface area contributed by atoms with Crippen molar-refractivity contribution in [2.24, 2.45) is 0 Å². The third-order valence-corrected chi connectivity index (χ3v) is 6.75. The predicted octanol–water partition coefficient (Wildman–Crippen LogP) is 3.62. The number of thiophene rings is 1. The van der Waals surface area contributed by atoms with E-state index in [1.165, 1.54) is 11.6 Å². The first-order valence-corrected chi connectivity index (χ1v) is 9.82. The summed E-state index contributed by atoms with van der Waals surface area (Å²) in [5, 5.41) is 11.3. The summed E-state index contributed by atoms with van der Waals surface area (Å²) in [5.74, 6) is -1.24. The van der Waals surface area contributed by atoms with Crippen LogP contribution in [0.2, 0.25) is 0 Å². The van der Waals surface area contributed by atoms with Crippen molar-refractivity contribution in [3.63, 3.8) is 0 Å². The molecule has 6 heteroatoms. The molecule has 0 spiro atoms. The van der Waals surface area contributed by atoms with Gasteiger partial charge in [-0.25, -0.2) is 13.2 Å². The Kier molecular flexibility index (Phi) is 4.12. The van der Waals surface area contributed by atoms with E-state index in [4.69, 9.17) is 0 Å². The summed E-state index contributed by atoms with van der Waals surface area (Å²) in [6, 6.07) is 7.24. The van der Waals surface area contributed by atoms with Crippen LogP contribution >= 0.6 is 11.3 Å². The predicted molar refractivity (Wildman–Crippen MR) is 91.4 cm³/mol. The standard InChI is InChI=1S/C17H16O4S2/c1-2-11-7-15(22-10-11)12-3-4-16-14(8-12)9-13(17(18)19)5-6-23(16,20)21/h3-4,7-10H,2,5-6H2,1H3,(H,18,19). The minimum Gasteiger partial charge on any atom is -0.478 e. The molecule has 120 valence electrons. The second kappa shape index (κ2) is 5.94. The minimum atomic E-state index is -3.46. The lowest BCUT2D eigenvalue weighted by Crippen LogP contribution is -2.08. The summed E-state index contributed by atoms with van der Waals surface area (Å²) in [5.41, 5.74) is 2.73. The highest BCUT2D eigenvalue weighted by atomic mass is 32.2. The summed E-state index contributed by atoms with van der Waals surface area (Å²) >= 11 is 1.60. The molecule has 0 amide bonds.